The number of para-hydroxylation sites is 1. The van der Waals surface area contributed by atoms with Crippen LogP contribution in [0.3, 0.4) is 0 Å². The van der Waals surface area contributed by atoms with Crippen LogP contribution in [0.25, 0.3) is 0 Å². The Kier molecular flexibility index (Phi) is 4.62. The van der Waals surface area contributed by atoms with Crippen molar-refractivity contribution in [2.45, 2.75) is 33.7 Å². The van der Waals surface area contributed by atoms with Gasteiger partial charge in [-0.25, -0.2) is 4.79 Å². The van der Waals surface area contributed by atoms with Gasteiger partial charge in [-0.15, -0.1) is 0 Å². The molecule has 1 aromatic heterocycles. The second kappa shape index (κ2) is 6.43. The summed E-state index contributed by atoms with van der Waals surface area (Å²) in [7, 11) is 1.91. The number of urea groups is 1. The molecule has 0 aliphatic heterocycles. The summed E-state index contributed by atoms with van der Waals surface area (Å²) in [5.41, 5.74) is 5.07. The fraction of sp³-hybridized carbons (Fsp3) is 0.375. The summed E-state index contributed by atoms with van der Waals surface area (Å²) in [6, 6.07) is 7.64. The monoisotopic (exact) mass is 286 g/mol. The molecule has 0 saturated heterocycles. The number of benzene rings is 1. The van der Waals surface area contributed by atoms with Gasteiger partial charge in [0.25, 0.3) is 0 Å². The standard InChI is InChI=1S/C16H22N4O/c1-5-13-8-6-7-9-15(13)18-16(21)17-10-14-11(2)19-20(4)12(14)3/h6-9H,5,10H2,1-4H3,(H2,17,18,21). The van der Waals surface area contributed by atoms with E-state index >= 15 is 0 Å². The van der Waals surface area contributed by atoms with Crippen molar-refractivity contribution in [1.82, 2.24) is 15.1 Å². The van der Waals surface area contributed by atoms with E-state index in [9.17, 15) is 4.79 Å². The fourth-order valence-electron chi connectivity index (χ4n) is 2.36. The van der Waals surface area contributed by atoms with Gasteiger partial charge in [0.1, 0.15) is 0 Å². The van der Waals surface area contributed by atoms with Crippen LogP contribution in [0.2, 0.25) is 0 Å². The molecule has 0 spiro atoms. The molecule has 112 valence electrons. The Labute approximate surface area is 125 Å². The van der Waals surface area contributed by atoms with Crippen molar-refractivity contribution < 1.29 is 4.79 Å². The van der Waals surface area contributed by atoms with Crippen LogP contribution in [-0.4, -0.2) is 15.8 Å². The normalized spacial score (nSPS) is 10.5. The predicted octanol–water partition coefficient (Wildman–Crippen LogP) is 2.92. The number of carbonyl (C=O) groups excluding carboxylic acids is 1. The third-order valence-corrected chi connectivity index (χ3v) is 3.73. The van der Waals surface area contributed by atoms with Gasteiger partial charge in [0.15, 0.2) is 0 Å². The fourth-order valence-corrected chi connectivity index (χ4v) is 2.36. The Morgan fingerprint density at radius 3 is 2.62 bits per heavy atom. The number of carbonyl (C=O) groups is 1. The number of aryl methyl sites for hydroxylation is 3. The van der Waals surface area contributed by atoms with E-state index in [4.69, 9.17) is 0 Å². The summed E-state index contributed by atoms with van der Waals surface area (Å²) in [5.74, 6) is 0. The molecular weight excluding hydrogens is 264 g/mol. The number of nitrogens with one attached hydrogen (secondary N) is 2. The van der Waals surface area contributed by atoms with Crippen molar-refractivity contribution in [3.05, 3.63) is 46.8 Å². The highest BCUT2D eigenvalue weighted by Gasteiger charge is 2.11. The average Bonchev–Trinajstić information content (AvgIpc) is 2.71. The van der Waals surface area contributed by atoms with Gasteiger partial charge in [0.05, 0.1) is 5.69 Å². The summed E-state index contributed by atoms with van der Waals surface area (Å²) >= 11 is 0. The Balaban J connectivity index is 1.99. The average molecular weight is 286 g/mol. The molecule has 0 fully saturated rings. The first-order valence-electron chi connectivity index (χ1n) is 7.14. The number of aromatic nitrogens is 2. The van der Waals surface area contributed by atoms with Crippen molar-refractivity contribution in [3.63, 3.8) is 0 Å². The summed E-state index contributed by atoms with van der Waals surface area (Å²) in [6.45, 7) is 6.50. The maximum Gasteiger partial charge on any atom is 0.319 e. The number of amides is 2. The Morgan fingerprint density at radius 2 is 2.00 bits per heavy atom. The first-order valence-corrected chi connectivity index (χ1v) is 7.14. The topological polar surface area (TPSA) is 59.0 Å². The first-order chi connectivity index (χ1) is 10.0. The van der Waals surface area contributed by atoms with Gasteiger partial charge in [0.2, 0.25) is 0 Å². The second-order valence-corrected chi connectivity index (χ2v) is 5.09. The lowest BCUT2D eigenvalue weighted by Gasteiger charge is -2.11. The van der Waals surface area contributed by atoms with Gasteiger partial charge in [-0.1, -0.05) is 25.1 Å². The van der Waals surface area contributed by atoms with Gasteiger partial charge >= 0.3 is 6.03 Å². The number of rotatable bonds is 4. The number of anilines is 1. The smallest absolute Gasteiger partial charge is 0.319 e. The minimum Gasteiger partial charge on any atom is -0.334 e. The first kappa shape index (κ1) is 15.1. The van der Waals surface area contributed by atoms with Crippen LogP contribution in [0.1, 0.15) is 29.4 Å². The molecule has 2 amide bonds. The van der Waals surface area contributed by atoms with E-state index in [1.165, 1.54) is 0 Å². The minimum absolute atomic E-state index is 0.196. The molecule has 0 radical (unpaired) electrons. The van der Waals surface area contributed by atoms with E-state index in [0.717, 1.165) is 34.6 Å². The largest absolute Gasteiger partial charge is 0.334 e. The molecule has 0 aliphatic carbocycles. The van der Waals surface area contributed by atoms with Crippen molar-refractivity contribution in [3.8, 4) is 0 Å². The van der Waals surface area contributed by atoms with Crippen LogP contribution in [0.15, 0.2) is 24.3 Å². The van der Waals surface area contributed by atoms with Crippen LogP contribution in [0, 0.1) is 13.8 Å². The zero-order valence-electron chi connectivity index (χ0n) is 13.0. The molecule has 0 aliphatic rings. The summed E-state index contributed by atoms with van der Waals surface area (Å²) < 4.78 is 1.83. The van der Waals surface area contributed by atoms with Crippen molar-refractivity contribution in [2.24, 2.45) is 7.05 Å². The molecule has 2 rings (SSSR count). The molecule has 1 heterocycles. The van der Waals surface area contributed by atoms with E-state index < -0.39 is 0 Å². The Morgan fingerprint density at radius 1 is 1.29 bits per heavy atom. The molecule has 2 N–H and O–H groups in total. The maximum absolute atomic E-state index is 12.0. The van der Waals surface area contributed by atoms with Crippen LogP contribution < -0.4 is 10.6 Å². The van der Waals surface area contributed by atoms with Gasteiger partial charge in [-0.05, 0) is 31.9 Å². The summed E-state index contributed by atoms with van der Waals surface area (Å²) in [6.07, 6.45) is 0.886. The van der Waals surface area contributed by atoms with Gasteiger partial charge in [-0.2, -0.15) is 5.10 Å². The Bertz CT molecular complexity index is 646. The van der Waals surface area contributed by atoms with Crippen molar-refractivity contribution in [2.75, 3.05) is 5.32 Å². The molecule has 2 aromatic rings. The van der Waals surface area contributed by atoms with Gasteiger partial charge < -0.3 is 10.6 Å². The third kappa shape index (κ3) is 3.42. The zero-order valence-corrected chi connectivity index (χ0v) is 13.0. The van der Waals surface area contributed by atoms with Crippen LogP contribution in [-0.2, 0) is 20.0 Å². The highest BCUT2D eigenvalue weighted by atomic mass is 16.2. The predicted molar refractivity (Wildman–Crippen MR) is 84.4 cm³/mol. The van der Waals surface area contributed by atoms with E-state index in [2.05, 4.69) is 22.7 Å². The molecule has 21 heavy (non-hydrogen) atoms. The van der Waals surface area contributed by atoms with E-state index in [0.29, 0.717) is 6.54 Å². The lowest BCUT2D eigenvalue weighted by molar-refractivity contribution is 0.251. The molecule has 0 bridgehead atoms. The highest BCUT2D eigenvalue weighted by Crippen LogP contribution is 2.15. The second-order valence-electron chi connectivity index (χ2n) is 5.09. The van der Waals surface area contributed by atoms with Gasteiger partial charge in [0, 0.05) is 30.5 Å². The lowest BCUT2D eigenvalue weighted by Crippen LogP contribution is -2.29. The molecule has 1 aromatic carbocycles. The summed E-state index contributed by atoms with van der Waals surface area (Å²) in [5, 5.41) is 10.1. The Hall–Kier alpha value is -2.30. The maximum atomic E-state index is 12.0. The minimum atomic E-state index is -0.196. The molecule has 0 saturated carbocycles. The zero-order chi connectivity index (χ0) is 15.4. The third-order valence-electron chi connectivity index (χ3n) is 3.73. The molecule has 0 atom stereocenters. The summed E-state index contributed by atoms with van der Waals surface area (Å²) in [4.78, 5) is 12.0. The van der Waals surface area contributed by atoms with Crippen LogP contribution in [0.5, 0.6) is 0 Å². The molecule has 0 unspecified atom stereocenters. The van der Waals surface area contributed by atoms with Gasteiger partial charge in [-0.3, -0.25) is 4.68 Å². The van der Waals surface area contributed by atoms with Crippen LogP contribution >= 0.6 is 0 Å². The van der Waals surface area contributed by atoms with Crippen LogP contribution in [0.4, 0.5) is 10.5 Å². The number of hydrogen-bond acceptors (Lipinski definition) is 2. The van der Waals surface area contributed by atoms with Crippen molar-refractivity contribution in [1.29, 1.82) is 0 Å². The number of hydrogen-bond donors (Lipinski definition) is 2. The molecule has 5 heteroatoms. The van der Waals surface area contributed by atoms with E-state index in [1.54, 1.807) is 0 Å². The van der Waals surface area contributed by atoms with E-state index in [-0.39, 0.29) is 6.03 Å². The van der Waals surface area contributed by atoms with E-state index in [1.807, 2.05) is 49.8 Å². The SMILES string of the molecule is CCc1ccccc1NC(=O)NCc1c(C)nn(C)c1C. The lowest BCUT2D eigenvalue weighted by atomic mass is 10.1. The quantitative estimate of drug-likeness (QED) is 0.908. The van der Waals surface area contributed by atoms with Crippen molar-refractivity contribution >= 4 is 11.7 Å². The number of nitrogens with zero attached hydrogens (tertiary/aromatic N) is 2. The molecule has 5 nitrogen and oxygen atoms in total. The highest BCUT2D eigenvalue weighted by molar-refractivity contribution is 5.90. The molecular formula is C16H22N4O.